The maximum atomic E-state index is 11.8. The smallest absolute Gasteiger partial charge is 0.223 e. The summed E-state index contributed by atoms with van der Waals surface area (Å²) < 4.78 is 0. The molecule has 0 atom stereocenters. The lowest BCUT2D eigenvalue weighted by Crippen LogP contribution is -2.60. The molecule has 1 aliphatic heterocycles. The fraction of sp³-hybridized carbons (Fsp3) is 0.615. The summed E-state index contributed by atoms with van der Waals surface area (Å²) >= 11 is 0. The van der Waals surface area contributed by atoms with Gasteiger partial charge in [0.1, 0.15) is 11.6 Å². The van der Waals surface area contributed by atoms with Gasteiger partial charge in [0.05, 0.1) is 6.04 Å². The molecular weight excluding hydrogens is 228 g/mol. The van der Waals surface area contributed by atoms with E-state index in [0.29, 0.717) is 0 Å². The summed E-state index contributed by atoms with van der Waals surface area (Å²) in [7, 11) is 0. The van der Waals surface area contributed by atoms with Crippen LogP contribution in [0.1, 0.15) is 25.1 Å². The number of carbonyl (C=O) groups excluding carboxylic acids is 1. The number of carbonyl (C=O) groups is 1. The van der Waals surface area contributed by atoms with Crippen molar-refractivity contribution in [1.29, 1.82) is 0 Å². The molecule has 0 aromatic carbocycles. The fourth-order valence-electron chi connectivity index (χ4n) is 2.37. The highest BCUT2D eigenvalue weighted by molar-refractivity contribution is 5.80. The first-order valence-corrected chi connectivity index (χ1v) is 6.57. The first kappa shape index (κ1) is 11.4. The van der Waals surface area contributed by atoms with E-state index in [9.17, 15) is 4.79 Å². The SMILES string of the molecule is Cc1nccc(N2CC(NC(=O)C3CCC3)C2)n1. The Balaban J connectivity index is 1.49. The Bertz CT molecular complexity index is 452. The quantitative estimate of drug-likeness (QED) is 0.860. The summed E-state index contributed by atoms with van der Waals surface area (Å²) in [4.78, 5) is 22.4. The van der Waals surface area contributed by atoms with Crippen LogP contribution in [0.15, 0.2) is 12.3 Å². The molecule has 1 aromatic heterocycles. The van der Waals surface area contributed by atoms with Crippen LogP contribution in [0.25, 0.3) is 0 Å². The van der Waals surface area contributed by atoms with Gasteiger partial charge in [-0.1, -0.05) is 6.42 Å². The number of nitrogens with zero attached hydrogens (tertiary/aromatic N) is 3. The third kappa shape index (κ3) is 2.17. The normalized spacial score (nSPS) is 20.2. The minimum atomic E-state index is 0.241. The van der Waals surface area contributed by atoms with Gasteiger partial charge >= 0.3 is 0 Å². The molecule has 2 aliphatic rings. The van der Waals surface area contributed by atoms with Crippen molar-refractivity contribution >= 4 is 11.7 Å². The van der Waals surface area contributed by atoms with Gasteiger partial charge in [0, 0.05) is 25.2 Å². The van der Waals surface area contributed by atoms with E-state index in [1.54, 1.807) is 6.20 Å². The van der Waals surface area contributed by atoms with Crippen molar-refractivity contribution in [2.45, 2.75) is 32.2 Å². The van der Waals surface area contributed by atoms with Gasteiger partial charge in [0.25, 0.3) is 0 Å². The third-order valence-corrected chi connectivity index (χ3v) is 3.79. The van der Waals surface area contributed by atoms with Gasteiger partial charge < -0.3 is 10.2 Å². The van der Waals surface area contributed by atoms with E-state index in [1.165, 1.54) is 6.42 Å². The number of hydrogen-bond donors (Lipinski definition) is 1. The molecule has 5 nitrogen and oxygen atoms in total. The highest BCUT2D eigenvalue weighted by Crippen LogP contribution is 2.27. The van der Waals surface area contributed by atoms with Crippen molar-refractivity contribution in [1.82, 2.24) is 15.3 Å². The van der Waals surface area contributed by atoms with E-state index in [2.05, 4.69) is 20.2 Å². The number of aromatic nitrogens is 2. The molecule has 1 saturated heterocycles. The summed E-state index contributed by atoms with van der Waals surface area (Å²) in [6.45, 7) is 3.60. The maximum absolute atomic E-state index is 11.8. The Kier molecular flexibility index (Phi) is 2.89. The van der Waals surface area contributed by atoms with Crippen LogP contribution in [0.3, 0.4) is 0 Å². The molecule has 96 valence electrons. The van der Waals surface area contributed by atoms with Crippen molar-refractivity contribution < 1.29 is 4.79 Å². The predicted molar refractivity (Wildman–Crippen MR) is 68.3 cm³/mol. The highest BCUT2D eigenvalue weighted by atomic mass is 16.2. The van der Waals surface area contributed by atoms with Crippen molar-refractivity contribution in [2.75, 3.05) is 18.0 Å². The second-order valence-electron chi connectivity index (χ2n) is 5.20. The molecule has 2 heterocycles. The van der Waals surface area contributed by atoms with Crippen LogP contribution in [-0.2, 0) is 4.79 Å². The minimum Gasteiger partial charge on any atom is -0.352 e. The molecule has 3 rings (SSSR count). The van der Waals surface area contributed by atoms with E-state index in [0.717, 1.165) is 37.6 Å². The number of anilines is 1. The predicted octanol–water partition coefficient (Wildman–Crippen LogP) is 0.890. The van der Waals surface area contributed by atoms with Crippen molar-refractivity contribution in [3.05, 3.63) is 18.1 Å². The molecule has 1 amide bonds. The van der Waals surface area contributed by atoms with E-state index in [-0.39, 0.29) is 17.9 Å². The average Bonchev–Trinajstić information content (AvgIpc) is 2.20. The summed E-state index contributed by atoms with van der Waals surface area (Å²) in [5.41, 5.74) is 0. The molecular formula is C13H18N4O. The Labute approximate surface area is 107 Å². The van der Waals surface area contributed by atoms with Crippen molar-refractivity contribution in [2.24, 2.45) is 5.92 Å². The summed E-state index contributed by atoms with van der Waals surface area (Å²) in [6.07, 6.45) is 5.10. The average molecular weight is 246 g/mol. The summed E-state index contributed by atoms with van der Waals surface area (Å²) in [5, 5.41) is 3.11. The molecule has 1 saturated carbocycles. The zero-order valence-electron chi connectivity index (χ0n) is 10.6. The number of nitrogens with one attached hydrogen (secondary N) is 1. The van der Waals surface area contributed by atoms with Gasteiger partial charge in [-0.15, -0.1) is 0 Å². The Morgan fingerprint density at radius 2 is 2.22 bits per heavy atom. The van der Waals surface area contributed by atoms with Gasteiger partial charge in [-0.3, -0.25) is 4.79 Å². The Morgan fingerprint density at radius 1 is 1.44 bits per heavy atom. The summed E-state index contributed by atoms with van der Waals surface area (Å²) in [6, 6.07) is 2.20. The number of rotatable bonds is 3. The van der Waals surface area contributed by atoms with Gasteiger partial charge in [-0.25, -0.2) is 9.97 Å². The molecule has 0 spiro atoms. The van der Waals surface area contributed by atoms with Crippen LogP contribution in [0.4, 0.5) is 5.82 Å². The van der Waals surface area contributed by atoms with Gasteiger partial charge in [-0.05, 0) is 25.8 Å². The van der Waals surface area contributed by atoms with Crippen LogP contribution in [0.5, 0.6) is 0 Å². The van der Waals surface area contributed by atoms with Crippen LogP contribution < -0.4 is 10.2 Å². The molecule has 0 bridgehead atoms. The Morgan fingerprint density at radius 3 is 2.83 bits per heavy atom. The molecule has 5 heteroatoms. The van der Waals surface area contributed by atoms with Gasteiger partial charge in [-0.2, -0.15) is 0 Å². The largest absolute Gasteiger partial charge is 0.352 e. The molecule has 1 aromatic rings. The van der Waals surface area contributed by atoms with E-state index < -0.39 is 0 Å². The van der Waals surface area contributed by atoms with Crippen LogP contribution in [0.2, 0.25) is 0 Å². The molecule has 1 aliphatic carbocycles. The number of hydrogen-bond acceptors (Lipinski definition) is 4. The first-order chi connectivity index (χ1) is 8.72. The lowest BCUT2D eigenvalue weighted by atomic mass is 9.84. The highest BCUT2D eigenvalue weighted by Gasteiger charge is 2.32. The van der Waals surface area contributed by atoms with E-state index in [1.807, 2.05) is 13.0 Å². The van der Waals surface area contributed by atoms with Gasteiger partial charge in [0.2, 0.25) is 5.91 Å². The molecule has 2 fully saturated rings. The molecule has 18 heavy (non-hydrogen) atoms. The van der Waals surface area contributed by atoms with E-state index >= 15 is 0 Å². The lowest BCUT2D eigenvalue weighted by Gasteiger charge is -2.41. The molecule has 1 N–H and O–H groups in total. The maximum Gasteiger partial charge on any atom is 0.223 e. The third-order valence-electron chi connectivity index (χ3n) is 3.79. The van der Waals surface area contributed by atoms with Crippen molar-refractivity contribution in [3.63, 3.8) is 0 Å². The van der Waals surface area contributed by atoms with E-state index in [4.69, 9.17) is 0 Å². The number of aryl methyl sites for hydroxylation is 1. The lowest BCUT2D eigenvalue weighted by molar-refractivity contribution is -0.128. The topological polar surface area (TPSA) is 58.1 Å². The molecule has 0 unspecified atom stereocenters. The monoisotopic (exact) mass is 246 g/mol. The molecule has 0 radical (unpaired) electrons. The zero-order valence-corrected chi connectivity index (χ0v) is 10.6. The van der Waals surface area contributed by atoms with Crippen LogP contribution >= 0.6 is 0 Å². The zero-order chi connectivity index (χ0) is 12.5. The first-order valence-electron chi connectivity index (χ1n) is 6.57. The van der Waals surface area contributed by atoms with Crippen LogP contribution in [-0.4, -0.2) is 35.0 Å². The fourth-order valence-corrected chi connectivity index (χ4v) is 2.37. The standard InChI is InChI=1S/C13H18N4O/c1-9-14-6-5-12(15-9)17-7-11(8-17)16-13(18)10-3-2-4-10/h5-6,10-11H,2-4,7-8H2,1H3,(H,16,18). The second kappa shape index (κ2) is 4.55. The van der Waals surface area contributed by atoms with Gasteiger partial charge in [0.15, 0.2) is 0 Å². The van der Waals surface area contributed by atoms with Crippen LogP contribution in [0, 0.1) is 12.8 Å². The van der Waals surface area contributed by atoms with Crippen molar-refractivity contribution in [3.8, 4) is 0 Å². The number of amides is 1. The Hall–Kier alpha value is -1.65. The summed E-state index contributed by atoms with van der Waals surface area (Å²) in [5.74, 6) is 2.26. The minimum absolute atomic E-state index is 0.241. The second-order valence-corrected chi connectivity index (χ2v) is 5.20.